The Morgan fingerprint density at radius 2 is 1.68 bits per heavy atom. The maximum atomic E-state index is 13.7. The lowest BCUT2D eigenvalue weighted by atomic mass is 10.0. The molecule has 3 aromatic rings. The first kappa shape index (κ1) is 29.6. The van der Waals surface area contributed by atoms with Gasteiger partial charge in [-0.15, -0.1) is 11.8 Å². The van der Waals surface area contributed by atoms with Crippen molar-refractivity contribution in [3.8, 4) is 0 Å². The van der Waals surface area contributed by atoms with E-state index in [4.69, 9.17) is 23.2 Å². The highest BCUT2D eigenvalue weighted by molar-refractivity contribution is 9.10. The second-order valence-corrected chi connectivity index (χ2v) is 12.0. The fourth-order valence-corrected chi connectivity index (χ4v) is 5.47. The predicted octanol–water partition coefficient (Wildman–Crippen LogP) is 7.40. The number of nitrogens with one attached hydrogen (secondary N) is 1. The smallest absolute Gasteiger partial charge is 0.243 e. The molecule has 1 atom stereocenters. The molecule has 0 aromatic heterocycles. The van der Waals surface area contributed by atoms with Crippen LogP contribution in [0.2, 0.25) is 10.0 Å². The Morgan fingerprint density at radius 1 is 0.973 bits per heavy atom. The fraction of sp³-hybridized carbons (Fsp3) is 0.310. The lowest BCUT2D eigenvalue weighted by molar-refractivity contribution is -0.139. The first-order valence-corrected chi connectivity index (χ1v) is 14.8. The van der Waals surface area contributed by atoms with Gasteiger partial charge in [0.25, 0.3) is 0 Å². The molecule has 0 spiro atoms. The van der Waals surface area contributed by atoms with Crippen LogP contribution in [0, 0.1) is 5.92 Å². The van der Waals surface area contributed by atoms with E-state index in [1.54, 1.807) is 17.0 Å². The van der Waals surface area contributed by atoms with Crippen molar-refractivity contribution in [2.75, 3.05) is 12.3 Å². The molecule has 0 saturated carbocycles. The van der Waals surface area contributed by atoms with E-state index >= 15 is 0 Å². The molecule has 0 unspecified atom stereocenters. The van der Waals surface area contributed by atoms with Crippen LogP contribution in [0.3, 0.4) is 0 Å². The average molecular weight is 622 g/mol. The highest BCUT2D eigenvalue weighted by atomic mass is 79.9. The maximum absolute atomic E-state index is 13.7. The SMILES string of the molecule is CC(C)CNC(=O)[C@H](Cc1ccccc1)N(Cc1ccc(Br)cc1)C(=O)CSCc1ccc(Cl)cc1Cl. The minimum Gasteiger partial charge on any atom is -0.354 e. The van der Waals surface area contributed by atoms with Crippen LogP contribution < -0.4 is 5.32 Å². The van der Waals surface area contributed by atoms with E-state index in [1.807, 2.05) is 60.7 Å². The Bertz CT molecular complexity index is 1180. The maximum Gasteiger partial charge on any atom is 0.243 e. The number of halogens is 3. The van der Waals surface area contributed by atoms with E-state index in [9.17, 15) is 9.59 Å². The number of carbonyl (C=O) groups is 2. The van der Waals surface area contributed by atoms with Gasteiger partial charge in [0.2, 0.25) is 11.8 Å². The molecule has 8 heteroatoms. The van der Waals surface area contributed by atoms with Gasteiger partial charge in [-0.05, 0) is 46.9 Å². The summed E-state index contributed by atoms with van der Waals surface area (Å²) in [5, 5.41) is 4.20. The van der Waals surface area contributed by atoms with Gasteiger partial charge in [0, 0.05) is 39.8 Å². The second kappa shape index (κ2) is 14.8. The molecule has 0 heterocycles. The van der Waals surface area contributed by atoms with E-state index < -0.39 is 6.04 Å². The summed E-state index contributed by atoms with van der Waals surface area (Å²) in [6.45, 7) is 4.99. The summed E-state index contributed by atoms with van der Waals surface area (Å²) in [5.41, 5.74) is 2.87. The second-order valence-electron chi connectivity index (χ2n) is 9.22. The van der Waals surface area contributed by atoms with Crippen molar-refractivity contribution in [1.29, 1.82) is 0 Å². The van der Waals surface area contributed by atoms with Crippen molar-refractivity contribution in [2.24, 2.45) is 5.92 Å². The molecule has 2 amide bonds. The largest absolute Gasteiger partial charge is 0.354 e. The molecular weight excluding hydrogens is 591 g/mol. The number of nitrogens with zero attached hydrogens (tertiary/aromatic N) is 1. The Hall–Kier alpha value is -1.99. The number of hydrogen-bond acceptors (Lipinski definition) is 3. The van der Waals surface area contributed by atoms with Crippen molar-refractivity contribution >= 4 is 62.7 Å². The van der Waals surface area contributed by atoms with Crippen LogP contribution in [0.5, 0.6) is 0 Å². The van der Waals surface area contributed by atoms with E-state index in [2.05, 4.69) is 35.1 Å². The third-order valence-electron chi connectivity index (χ3n) is 5.72. The van der Waals surface area contributed by atoms with Gasteiger partial charge in [0.15, 0.2) is 0 Å². The highest BCUT2D eigenvalue weighted by Gasteiger charge is 2.30. The molecule has 0 aliphatic carbocycles. The summed E-state index contributed by atoms with van der Waals surface area (Å²) in [5.74, 6) is 0.846. The lowest BCUT2D eigenvalue weighted by Gasteiger charge is -2.32. The van der Waals surface area contributed by atoms with Crippen LogP contribution in [0.1, 0.15) is 30.5 Å². The van der Waals surface area contributed by atoms with Crippen LogP contribution in [0.15, 0.2) is 77.3 Å². The van der Waals surface area contributed by atoms with Crippen LogP contribution in [0.25, 0.3) is 0 Å². The zero-order valence-corrected chi connectivity index (χ0v) is 24.8. The lowest BCUT2D eigenvalue weighted by Crippen LogP contribution is -2.51. The average Bonchev–Trinajstić information content (AvgIpc) is 2.87. The van der Waals surface area contributed by atoms with E-state index in [1.165, 1.54) is 11.8 Å². The number of amides is 2. The van der Waals surface area contributed by atoms with E-state index in [-0.39, 0.29) is 17.6 Å². The quantitative estimate of drug-likeness (QED) is 0.229. The molecule has 0 bridgehead atoms. The molecule has 1 N–H and O–H groups in total. The normalized spacial score (nSPS) is 11.8. The first-order valence-electron chi connectivity index (χ1n) is 12.1. The first-order chi connectivity index (χ1) is 17.7. The summed E-state index contributed by atoms with van der Waals surface area (Å²) in [6, 6.07) is 22.4. The molecule has 0 fully saturated rings. The van der Waals surface area contributed by atoms with Gasteiger partial charge in [-0.1, -0.05) is 102 Å². The molecule has 3 aromatic carbocycles. The Labute approximate surface area is 242 Å². The summed E-state index contributed by atoms with van der Waals surface area (Å²) in [7, 11) is 0. The van der Waals surface area contributed by atoms with Crippen molar-refractivity contribution in [1.82, 2.24) is 10.2 Å². The minimum absolute atomic E-state index is 0.0985. The summed E-state index contributed by atoms with van der Waals surface area (Å²) in [4.78, 5) is 28.9. The third kappa shape index (κ3) is 9.68. The number of thioether (sulfide) groups is 1. The number of carbonyl (C=O) groups excluding carboxylic acids is 2. The highest BCUT2D eigenvalue weighted by Crippen LogP contribution is 2.25. The van der Waals surface area contributed by atoms with Gasteiger partial charge >= 0.3 is 0 Å². The predicted molar refractivity (Wildman–Crippen MR) is 159 cm³/mol. The third-order valence-corrected chi connectivity index (χ3v) is 7.80. The topological polar surface area (TPSA) is 49.4 Å². The molecule has 0 radical (unpaired) electrons. The van der Waals surface area contributed by atoms with Gasteiger partial charge in [-0.2, -0.15) is 0 Å². The van der Waals surface area contributed by atoms with Crippen LogP contribution in [-0.2, 0) is 28.3 Å². The molecule has 0 saturated heterocycles. The summed E-state index contributed by atoms with van der Waals surface area (Å²) >= 11 is 17.3. The molecule has 0 aliphatic rings. The number of rotatable bonds is 12. The van der Waals surface area contributed by atoms with Gasteiger partial charge in [-0.3, -0.25) is 9.59 Å². The van der Waals surface area contributed by atoms with Gasteiger partial charge < -0.3 is 10.2 Å². The van der Waals surface area contributed by atoms with Crippen LogP contribution in [-0.4, -0.2) is 35.1 Å². The number of benzene rings is 3. The van der Waals surface area contributed by atoms with Crippen molar-refractivity contribution < 1.29 is 9.59 Å². The molecule has 3 rings (SSSR count). The van der Waals surface area contributed by atoms with E-state index in [0.717, 1.165) is 21.2 Å². The minimum atomic E-state index is -0.642. The standard InChI is InChI=1S/C29H31BrCl2N2O2S/c1-20(2)16-33-29(36)27(14-21-6-4-3-5-7-21)34(17-22-8-11-24(30)12-9-22)28(35)19-37-18-23-10-13-25(31)15-26(23)32/h3-13,15,20,27H,14,16-19H2,1-2H3,(H,33,36)/t27-/m0/s1. The molecule has 4 nitrogen and oxygen atoms in total. The number of hydrogen-bond donors (Lipinski definition) is 1. The van der Waals surface area contributed by atoms with Crippen LogP contribution in [0.4, 0.5) is 0 Å². The molecule has 37 heavy (non-hydrogen) atoms. The Morgan fingerprint density at radius 3 is 2.32 bits per heavy atom. The van der Waals surface area contributed by atoms with Crippen molar-refractivity contribution in [3.05, 3.63) is 104 Å². The van der Waals surface area contributed by atoms with E-state index in [0.29, 0.717) is 41.2 Å². The van der Waals surface area contributed by atoms with Gasteiger partial charge in [0.05, 0.1) is 5.75 Å². The van der Waals surface area contributed by atoms with Gasteiger partial charge in [0.1, 0.15) is 6.04 Å². The zero-order valence-electron chi connectivity index (χ0n) is 20.9. The monoisotopic (exact) mass is 620 g/mol. The van der Waals surface area contributed by atoms with Gasteiger partial charge in [-0.25, -0.2) is 0 Å². The molecule has 0 aliphatic heterocycles. The zero-order chi connectivity index (χ0) is 26.8. The van der Waals surface area contributed by atoms with Crippen LogP contribution >= 0.6 is 50.9 Å². The van der Waals surface area contributed by atoms with Crippen molar-refractivity contribution in [3.63, 3.8) is 0 Å². The summed E-state index contributed by atoms with van der Waals surface area (Å²) < 4.78 is 0.958. The molecular formula is C29H31BrCl2N2O2S. The summed E-state index contributed by atoms with van der Waals surface area (Å²) in [6.07, 6.45) is 0.431. The Balaban J connectivity index is 1.84. The molecule has 196 valence electrons. The van der Waals surface area contributed by atoms with Crippen molar-refractivity contribution in [2.45, 2.75) is 38.6 Å². The fourth-order valence-electron chi connectivity index (χ4n) is 3.73. The Kier molecular flexibility index (Phi) is 11.8.